The molecule has 5 nitrogen and oxygen atoms in total. The summed E-state index contributed by atoms with van der Waals surface area (Å²) in [6, 6.07) is 5.77. The van der Waals surface area contributed by atoms with E-state index in [1.807, 2.05) is 0 Å². The van der Waals surface area contributed by atoms with Crippen LogP contribution in [0.5, 0.6) is 5.75 Å². The molecule has 1 aromatic carbocycles. The van der Waals surface area contributed by atoms with Crippen molar-refractivity contribution in [2.75, 3.05) is 13.2 Å². The molecule has 1 aliphatic rings. The summed E-state index contributed by atoms with van der Waals surface area (Å²) in [5.74, 6) is -0.836. The van der Waals surface area contributed by atoms with Crippen molar-refractivity contribution < 1.29 is 23.8 Å². The minimum atomic E-state index is -0.906. The first-order valence-electron chi connectivity index (χ1n) is 6.96. The summed E-state index contributed by atoms with van der Waals surface area (Å²) < 4.78 is 18.1. The molecular formula is C15H18FNO4. The van der Waals surface area contributed by atoms with Crippen LogP contribution in [0.2, 0.25) is 0 Å². The summed E-state index contributed by atoms with van der Waals surface area (Å²) in [5.41, 5.74) is 0. The number of benzene rings is 1. The molecule has 1 fully saturated rings. The monoisotopic (exact) mass is 295 g/mol. The van der Waals surface area contributed by atoms with Gasteiger partial charge in [-0.3, -0.25) is 9.59 Å². The Balaban J connectivity index is 1.76. The number of rotatable bonds is 8. The molecule has 0 bridgehead atoms. The van der Waals surface area contributed by atoms with Gasteiger partial charge in [0.05, 0.1) is 19.4 Å². The van der Waals surface area contributed by atoms with Crippen LogP contribution in [0.4, 0.5) is 4.39 Å². The maximum absolute atomic E-state index is 12.7. The second kappa shape index (κ2) is 7.06. The van der Waals surface area contributed by atoms with Crippen molar-refractivity contribution in [3.63, 3.8) is 0 Å². The molecule has 0 saturated heterocycles. The van der Waals surface area contributed by atoms with Crippen molar-refractivity contribution in [1.82, 2.24) is 4.90 Å². The van der Waals surface area contributed by atoms with Crippen molar-refractivity contribution in [3.05, 3.63) is 30.1 Å². The fourth-order valence-electron chi connectivity index (χ4n) is 2.04. The van der Waals surface area contributed by atoms with Gasteiger partial charge in [-0.25, -0.2) is 4.39 Å². The number of carboxylic acids is 1. The Morgan fingerprint density at radius 3 is 2.48 bits per heavy atom. The molecule has 0 unspecified atom stereocenters. The standard InChI is InChI=1S/C15H18FNO4/c16-11-1-5-13(6-2-11)21-10-8-14(18)17(12-3-4-12)9-7-15(19)20/h1-2,5-6,12H,3-4,7-10H2,(H,19,20). The average molecular weight is 295 g/mol. The van der Waals surface area contributed by atoms with Crippen molar-refractivity contribution in [2.24, 2.45) is 0 Å². The minimum Gasteiger partial charge on any atom is -0.493 e. The highest BCUT2D eigenvalue weighted by Crippen LogP contribution is 2.27. The first-order chi connectivity index (χ1) is 10.1. The molecule has 114 valence electrons. The first kappa shape index (κ1) is 15.3. The highest BCUT2D eigenvalue weighted by atomic mass is 19.1. The smallest absolute Gasteiger partial charge is 0.305 e. The molecule has 21 heavy (non-hydrogen) atoms. The van der Waals surface area contributed by atoms with Gasteiger partial charge in [-0.2, -0.15) is 0 Å². The zero-order valence-electron chi connectivity index (χ0n) is 11.6. The maximum Gasteiger partial charge on any atom is 0.305 e. The summed E-state index contributed by atoms with van der Waals surface area (Å²) in [4.78, 5) is 24.3. The summed E-state index contributed by atoms with van der Waals surface area (Å²) in [6.45, 7) is 0.441. The highest BCUT2D eigenvalue weighted by Gasteiger charge is 2.32. The van der Waals surface area contributed by atoms with E-state index in [4.69, 9.17) is 9.84 Å². The van der Waals surface area contributed by atoms with Gasteiger partial charge in [0.1, 0.15) is 11.6 Å². The molecule has 0 atom stereocenters. The number of ether oxygens (including phenoxy) is 1. The topological polar surface area (TPSA) is 66.8 Å². The van der Waals surface area contributed by atoms with Crippen LogP contribution in [0.3, 0.4) is 0 Å². The number of hydrogen-bond donors (Lipinski definition) is 1. The Hall–Kier alpha value is -2.11. The van der Waals surface area contributed by atoms with Gasteiger partial charge in [0, 0.05) is 12.6 Å². The summed E-state index contributed by atoms with van der Waals surface area (Å²) in [6.07, 6.45) is 2.02. The Labute approximate surface area is 122 Å². The van der Waals surface area contributed by atoms with Gasteiger partial charge in [-0.15, -0.1) is 0 Å². The predicted octanol–water partition coefficient (Wildman–Crippen LogP) is 2.06. The predicted molar refractivity (Wildman–Crippen MR) is 73.5 cm³/mol. The third-order valence-electron chi connectivity index (χ3n) is 3.27. The molecule has 0 radical (unpaired) electrons. The van der Waals surface area contributed by atoms with Gasteiger partial charge in [0.2, 0.25) is 5.91 Å². The van der Waals surface area contributed by atoms with Gasteiger partial charge in [0.25, 0.3) is 0 Å². The Kier molecular flexibility index (Phi) is 5.14. The third-order valence-corrected chi connectivity index (χ3v) is 3.27. The molecule has 0 spiro atoms. The van der Waals surface area contributed by atoms with Crippen LogP contribution in [0, 0.1) is 5.82 Å². The van der Waals surface area contributed by atoms with Crippen molar-refractivity contribution in [3.8, 4) is 5.75 Å². The number of carboxylic acid groups (broad SMARTS) is 1. The van der Waals surface area contributed by atoms with Gasteiger partial charge >= 0.3 is 5.97 Å². The van der Waals surface area contributed by atoms with Crippen LogP contribution in [0.1, 0.15) is 25.7 Å². The normalized spacial score (nSPS) is 13.8. The molecular weight excluding hydrogens is 277 g/mol. The zero-order valence-corrected chi connectivity index (χ0v) is 11.6. The van der Waals surface area contributed by atoms with E-state index in [1.165, 1.54) is 24.3 Å². The Morgan fingerprint density at radius 2 is 1.90 bits per heavy atom. The number of carbonyl (C=O) groups is 2. The number of amides is 1. The van der Waals surface area contributed by atoms with E-state index in [0.29, 0.717) is 5.75 Å². The molecule has 1 saturated carbocycles. The fraction of sp³-hybridized carbons (Fsp3) is 0.467. The van der Waals surface area contributed by atoms with E-state index in [0.717, 1.165) is 12.8 Å². The maximum atomic E-state index is 12.7. The lowest BCUT2D eigenvalue weighted by atomic mass is 10.3. The van der Waals surface area contributed by atoms with Crippen molar-refractivity contribution in [2.45, 2.75) is 31.7 Å². The summed E-state index contributed by atoms with van der Waals surface area (Å²) in [5, 5.41) is 8.70. The molecule has 6 heteroatoms. The Bertz CT molecular complexity index is 499. The van der Waals surface area contributed by atoms with Crippen LogP contribution >= 0.6 is 0 Å². The number of aliphatic carboxylic acids is 1. The molecule has 1 aliphatic carbocycles. The van der Waals surface area contributed by atoms with E-state index in [-0.39, 0.29) is 43.8 Å². The first-order valence-corrected chi connectivity index (χ1v) is 6.96. The second-order valence-electron chi connectivity index (χ2n) is 5.01. The van der Waals surface area contributed by atoms with Crippen LogP contribution < -0.4 is 4.74 Å². The lowest BCUT2D eigenvalue weighted by Crippen LogP contribution is -2.35. The van der Waals surface area contributed by atoms with E-state index < -0.39 is 5.97 Å². The van der Waals surface area contributed by atoms with Crippen LogP contribution in [0.15, 0.2) is 24.3 Å². The van der Waals surface area contributed by atoms with Crippen LogP contribution in [-0.2, 0) is 9.59 Å². The molecule has 0 aromatic heterocycles. The average Bonchev–Trinajstić information content (AvgIpc) is 3.25. The summed E-state index contributed by atoms with van der Waals surface area (Å²) >= 11 is 0. The SMILES string of the molecule is O=C(O)CCN(C(=O)CCOc1ccc(F)cc1)C1CC1. The molecule has 0 heterocycles. The quantitative estimate of drug-likeness (QED) is 0.797. The van der Waals surface area contributed by atoms with E-state index in [2.05, 4.69) is 0 Å². The largest absolute Gasteiger partial charge is 0.493 e. The van der Waals surface area contributed by atoms with Gasteiger partial charge in [0.15, 0.2) is 0 Å². The lowest BCUT2D eigenvalue weighted by molar-refractivity contribution is -0.138. The number of halogens is 1. The molecule has 2 rings (SSSR count). The molecule has 1 aromatic rings. The van der Waals surface area contributed by atoms with Gasteiger partial charge in [-0.1, -0.05) is 0 Å². The van der Waals surface area contributed by atoms with Crippen LogP contribution in [-0.4, -0.2) is 41.1 Å². The second-order valence-corrected chi connectivity index (χ2v) is 5.01. The number of carbonyl (C=O) groups excluding carboxylic acids is 1. The zero-order chi connectivity index (χ0) is 15.2. The lowest BCUT2D eigenvalue weighted by Gasteiger charge is -2.21. The van der Waals surface area contributed by atoms with E-state index in [9.17, 15) is 14.0 Å². The Morgan fingerprint density at radius 1 is 1.24 bits per heavy atom. The molecule has 1 N–H and O–H groups in total. The van der Waals surface area contributed by atoms with Crippen molar-refractivity contribution >= 4 is 11.9 Å². The fourth-order valence-corrected chi connectivity index (χ4v) is 2.04. The van der Waals surface area contributed by atoms with Crippen LogP contribution in [0.25, 0.3) is 0 Å². The number of nitrogens with zero attached hydrogens (tertiary/aromatic N) is 1. The van der Waals surface area contributed by atoms with Gasteiger partial charge in [-0.05, 0) is 37.1 Å². The minimum absolute atomic E-state index is 0.0406. The van der Waals surface area contributed by atoms with E-state index in [1.54, 1.807) is 4.90 Å². The highest BCUT2D eigenvalue weighted by molar-refractivity contribution is 5.77. The van der Waals surface area contributed by atoms with E-state index >= 15 is 0 Å². The third kappa shape index (κ3) is 5.06. The molecule has 0 aliphatic heterocycles. The van der Waals surface area contributed by atoms with Crippen molar-refractivity contribution in [1.29, 1.82) is 0 Å². The molecule has 1 amide bonds. The number of hydrogen-bond acceptors (Lipinski definition) is 3. The summed E-state index contributed by atoms with van der Waals surface area (Å²) in [7, 11) is 0. The van der Waals surface area contributed by atoms with Gasteiger partial charge < -0.3 is 14.7 Å².